The van der Waals surface area contributed by atoms with Gasteiger partial charge in [0.15, 0.2) is 0 Å². The molecule has 41 heavy (non-hydrogen) atoms. The van der Waals surface area contributed by atoms with Gasteiger partial charge in [-0.05, 0) is 69.8 Å². The Morgan fingerprint density at radius 3 is 1.46 bits per heavy atom. The number of benzene rings is 5. The molecule has 5 aromatic carbocycles. The zero-order valence-corrected chi connectivity index (χ0v) is 21.9. The maximum atomic E-state index is 13.3. The van der Waals surface area contributed by atoms with Crippen molar-refractivity contribution in [1.82, 2.24) is 4.98 Å². The molecule has 6 rings (SSSR count). The van der Waals surface area contributed by atoms with Crippen molar-refractivity contribution in [1.29, 1.82) is 0 Å². The molecule has 1 heterocycles. The third kappa shape index (κ3) is 5.60. The molecule has 0 aliphatic rings. The average Bonchev–Trinajstić information content (AvgIpc) is 3.41. The Morgan fingerprint density at radius 1 is 0.439 bits per heavy atom. The van der Waals surface area contributed by atoms with Crippen LogP contribution in [0.3, 0.4) is 0 Å². The van der Waals surface area contributed by atoms with Crippen LogP contribution in [-0.4, -0.2) is 4.98 Å². The Kier molecular flexibility index (Phi) is 6.66. The highest BCUT2D eigenvalue weighted by Gasteiger charge is 2.37. The maximum Gasteiger partial charge on any atom is 0.416 e. The first-order valence-electron chi connectivity index (χ1n) is 12.5. The van der Waals surface area contributed by atoms with Crippen LogP contribution in [0.5, 0.6) is 0 Å². The quantitative estimate of drug-likeness (QED) is 0.191. The lowest BCUT2D eigenvalue weighted by molar-refractivity contribution is -0.143. The van der Waals surface area contributed by atoms with E-state index in [1.807, 2.05) is 66.7 Å². The maximum absolute atomic E-state index is 13.3. The summed E-state index contributed by atoms with van der Waals surface area (Å²) in [6, 6.07) is 32.0. The third-order valence-corrected chi connectivity index (χ3v) is 7.85. The van der Waals surface area contributed by atoms with Crippen LogP contribution in [0, 0.1) is 0 Å². The molecule has 0 N–H and O–H groups in total. The van der Waals surface area contributed by atoms with Crippen LogP contribution >= 0.6 is 11.3 Å². The lowest BCUT2D eigenvalue weighted by Gasteiger charge is -2.14. The molecule has 1 aromatic heterocycles. The van der Waals surface area contributed by atoms with Crippen molar-refractivity contribution in [2.24, 2.45) is 0 Å². The fourth-order valence-electron chi connectivity index (χ4n) is 4.66. The topological polar surface area (TPSA) is 12.9 Å². The van der Waals surface area contributed by atoms with Crippen LogP contribution in [0.15, 0.2) is 115 Å². The van der Waals surface area contributed by atoms with Gasteiger partial charge in [0.1, 0.15) is 5.01 Å². The highest BCUT2D eigenvalue weighted by atomic mass is 32.1. The first kappa shape index (κ1) is 26.8. The molecule has 0 atom stereocenters. The minimum atomic E-state index is -4.90. The van der Waals surface area contributed by atoms with Crippen LogP contribution in [0.25, 0.3) is 54.2 Å². The molecule has 0 fully saturated rings. The summed E-state index contributed by atoms with van der Waals surface area (Å²) in [6.45, 7) is 0. The summed E-state index contributed by atoms with van der Waals surface area (Å²) in [5.41, 5.74) is 3.08. The van der Waals surface area contributed by atoms with Gasteiger partial charge in [0.05, 0.1) is 21.3 Å². The van der Waals surface area contributed by atoms with E-state index in [0.29, 0.717) is 0 Å². The normalized spacial score (nSPS) is 12.1. The van der Waals surface area contributed by atoms with Crippen molar-refractivity contribution < 1.29 is 26.3 Å². The van der Waals surface area contributed by atoms with Gasteiger partial charge in [-0.2, -0.15) is 26.3 Å². The van der Waals surface area contributed by atoms with E-state index in [9.17, 15) is 26.3 Å². The Balaban J connectivity index is 1.26. The predicted octanol–water partition coefficient (Wildman–Crippen LogP) is 11.0. The van der Waals surface area contributed by atoms with Gasteiger partial charge in [-0.25, -0.2) is 4.98 Å². The molecular weight excluding hydrogens is 556 g/mol. The van der Waals surface area contributed by atoms with Gasteiger partial charge in [0, 0.05) is 5.56 Å². The van der Waals surface area contributed by atoms with Crippen LogP contribution in [0.2, 0.25) is 0 Å². The van der Waals surface area contributed by atoms with Gasteiger partial charge < -0.3 is 0 Å². The van der Waals surface area contributed by atoms with E-state index in [1.165, 1.54) is 12.1 Å². The Hall–Kier alpha value is -4.43. The summed E-state index contributed by atoms with van der Waals surface area (Å²) in [7, 11) is 0. The summed E-state index contributed by atoms with van der Waals surface area (Å²) >= 11 is 1.63. The molecule has 0 spiro atoms. The zero-order valence-electron chi connectivity index (χ0n) is 21.1. The van der Waals surface area contributed by atoms with Crippen molar-refractivity contribution >= 4 is 21.6 Å². The molecule has 0 saturated carbocycles. The minimum Gasteiger partial charge on any atom is -0.236 e. The number of rotatable bonds is 4. The second-order valence-electron chi connectivity index (χ2n) is 9.52. The summed E-state index contributed by atoms with van der Waals surface area (Å²) < 4.78 is 80.8. The molecule has 0 saturated heterocycles. The van der Waals surface area contributed by atoms with E-state index in [0.717, 1.165) is 55.2 Å². The number of alkyl halides is 6. The molecular formula is C33H19F6NS. The van der Waals surface area contributed by atoms with E-state index in [4.69, 9.17) is 4.98 Å². The van der Waals surface area contributed by atoms with Gasteiger partial charge >= 0.3 is 12.4 Å². The molecule has 0 radical (unpaired) electrons. The molecule has 0 bridgehead atoms. The van der Waals surface area contributed by atoms with Crippen molar-refractivity contribution in [2.75, 3.05) is 0 Å². The molecule has 0 amide bonds. The van der Waals surface area contributed by atoms with E-state index < -0.39 is 23.5 Å². The van der Waals surface area contributed by atoms with Crippen molar-refractivity contribution in [3.63, 3.8) is 0 Å². The molecule has 0 aliphatic carbocycles. The Bertz CT molecular complexity index is 1780. The van der Waals surface area contributed by atoms with Gasteiger partial charge in [0.2, 0.25) is 0 Å². The number of halogens is 6. The van der Waals surface area contributed by atoms with E-state index in [-0.39, 0.29) is 17.2 Å². The Morgan fingerprint density at radius 2 is 0.927 bits per heavy atom. The van der Waals surface area contributed by atoms with E-state index in [2.05, 4.69) is 6.07 Å². The van der Waals surface area contributed by atoms with Gasteiger partial charge in [-0.3, -0.25) is 0 Å². The SMILES string of the molecule is FC(F)(F)c1cc(-c2ccc(-c3ccc(-c4cccc(-c5nc6ccccc6s5)c4)cc3)cc2)cc(C(F)(F)F)c1. The second kappa shape index (κ2) is 10.2. The number of hydrogen-bond donors (Lipinski definition) is 0. The first-order chi connectivity index (χ1) is 19.5. The zero-order chi connectivity index (χ0) is 28.8. The first-order valence-corrected chi connectivity index (χ1v) is 13.3. The van der Waals surface area contributed by atoms with Crippen LogP contribution in [0.1, 0.15) is 11.1 Å². The fraction of sp³-hybridized carbons (Fsp3) is 0.0606. The number of nitrogens with zero attached hydrogens (tertiary/aromatic N) is 1. The molecule has 6 aromatic rings. The monoisotopic (exact) mass is 575 g/mol. The summed E-state index contributed by atoms with van der Waals surface area (Å²) in [5.74, 6) is 0. The summed E-state index contributed by atoms with van der Waals surface area (Å²) in [5, 5.41) is 0.938. The van der Waals surface area contributed by atoms with Crippen LogP contribution in [-0.2, 0) is 12.4 Å². The standard InChI is InChI=1S/C33H19F6NS/c34-32(35,36)27-17-26(18-28(19-27)33(37,38)39)23-14-10-21(11-15-23)20-8-12-22(13-9-20)24-4-3-5-25(16-24)31-40-29-6-1-2-7-30(29)41-31/h1-19H. The minimum absolute atomic E-state index is 0.133. The summed E-state index contributed by atoms with van der Waals surface area (Å²) in [6.07, 6.45) is -9.79. The second-order valence-corrected chi connectivity index (χ2v) is 10.5. The molecule has 0 unspecified atom stereocenters. The van der Waals surface area contributed by atoms with Crippen molar-refractivity contribution in [3.8, 4) is 44.0 Å². The Labute approximate surface area is 235 Å². The predicted molar refractivity (Wildman–Crippen MR) is 151 cm³/mol. The average molecular weight is 576 g/mol. The highest BCUT2D eigenvalue weighted by molar-refractivity contribution is 7.21. The van der Waals surface area contributed by atoms with Gasteiger partial charge in [-0.1, -0.05) is 78.9 Å². The fourth-order valence-corrected chi connectivity index (χ4v) is 5.62. The lowest BCUT2D eigenvalue weighted by atomic mass is 9.96. The summed E-state index contributed by atoms with van der Waals surface area (Å²) in [4.78, 5) is 4.74. The number of thiazole rings is 1. The number of aromatic nitrogens is 1. The van der Waals surface area contributed by atoms with E-state index >= 15 is 0 Å². The van der Waals surface area contributed by atoms with Crippen molar-refractivity contribution in [3.05, 3.63) is 126 Å². The largest absolute Gasteiger partial charge is 0.416 e. The number of para-hydroxylation sites is 1. The number of fused-ring (bicyclic) bond motifs is 1. The lowest BCUT2D eigenvalue weighted by Crippen LogP contribution is -2.11. The molecule has 1 nitrogen and oxygen atoms in total. The van der Waals surface area contributed by atoms with Crippen molar-refractivity contribution in [2.45, 2.75) is 12.4 Å². The third-order valence-electron chi connectivity index (χ3n) is 6.76. The molecule has 204 valence electrons. The highest BCUT2D eigenvalue weighted by Crippen LogP contribution is 2.39. The van der Waals surface area contributed by atoms with Crippen LogP contribution in [0.4, 0.5) is 26.3 Å². The smallest absolute Gasteiger partial charge is 0.236 e. The molecule has 0 aliphatic heterocycles. The molecule has 8 heteroatoms. The number of hydrogen-bond acceptors (Lipinski definition) is 2. The van der Waals surface area contributed by atoms with Gasteiger partial charge in [-0.15, -0.1) is 11.3 Å². The van der Waals surface area contributed by atoms with Crippen LogP contribution < -0.4 is 0 Å². The van der Waals surface area contributed by atoms with Gasteiger partial charge in [0.25, 0.3) is 0 Å². The van der Waals surface area contributed by atoms with E-state index in [1.54, 1.807) is 23.5 Å².